The van der Waals surface area contributed by atoms with Crippen molar-refractivity contribution in [3.8, 4) is 0 Å². The number of epoxide rings is 1. The predicted octanol–water partition coefficient (Wildman–Crippen LogP) is 4.47. The molecule has 1 aliphatic heterocycles. The Labute approximate surface area is 223 Å². The molecule has 7 atom stereocenters. The Balaban J connectivity index is 1.30. The van der Waals surface area contributed by atoms with Gasteiger partial charge in [-0.1, -0.05) is 81.9 Å². The van der Waals surface area contributed by atoms with E-state index in [1.54, 1.807) is 31.2 Å². The SMILES string of the molecule is C=C1C[C@@]23O[C@]2(c2ccccc21)C1CC(OC(=O)[C@H](O)[C@@H](NC(=O)NCC)c2ccccc2)C3(C)C1(C)C. The molecule has 3 N–H and O–H groups in total. The number of aliphatic hydroxyl groups is 1. The van der Waals surface area contributed by atoms with Crippen LogP contribution < -0.4 is 10.6 Å². The minimum Gasteiger partial charge on any atom is -0.460 e. The van der Waals surface area contributed by atoms with Crippen LogP contribution in [0.15, 0.2) is 61.2 Å². The molecule has 0 spiro atoms. The van der Waals surface area contributed by atoms with Gasteiger partial charge in [-0.25, -0.2) is 9.59 Å². The first kappa shape index (κ1) is 25.1. The molecule has 6 rings (SSSR count). The summed E-state index contributed by atoms with van der Waals surface area (Å²) in [5, 5.41) is 16.6. The van der Waals surface area contributed by atoms with Gasteiger partial charge < -0.3 is 25.2 Å². The number of urea groups is 1. The quantitative estimate of drug-likeness (QED) is 0.389. The van der Waals surface area contributed by atoms with Crippen LogP contribution >= 0.6 is 0 Å². The first-order valence-electron chi connectivity index (χ1n) is 13.5. The minimum absolute atomic E-state index is 0.141. The van der Waals surface area contributed by atoms with E-state index in [0.717, 1.165) is 5.57 Å². The van der Waals surface area contributed by atoms with Crippen LogP contribution in [-0.4, -0.2) is 41.5 Å². The van der Waals surface area contributed by atoms with Crippen molar-refractivity contribution in [2.75, 3.05) is 6.54 Å². The molecule has 3 unspecified atom stereocenters. The zero-order valence-electron chi connectivity index (χ0n) is 22.4. The van der Waals surface area contributed by atoms with Crippen molar-refractivity contribution in [3.63, 3.8) is 0 Å². The molecule has 38 heavy (non-hydrogen) atoms. The second-order valence-electron chi connectivity index (χ2n) is 12.0. The van der Waals surface area contributed by atoms with Gasteiger partial charge in [-0.3, -0.25) is 0 Å². The molecule has 3 fully saturated rings. The largest absolute Gasteiger partial charge is 0.460 e. The van der Waals surface area contributed by atoms with Gasteiger partial charge in [0.25, 0.3) is 0 Å². The van der Waals surface area contributed by atoms with Crippen LogP contribution in [0.5, 0.6) is 0 Å². The van der Waals surface area contributed by atoms with Crippen LogP contribution in [0.25, 0.3) is 5.57 Å². The average Bonchev–Trinajstić information content (AvgIpc) is 3.53. The van der Waals surface area contributed by atoms with Gasteiger partial charge >= 0.3 is 12.0 Å². The van der Waals surface area contributed by atoms with E-state index in [2.05, 4.69) is 56.2 Å². The number of hydrogen-bond acceptors (Lipinski definition) is 5. The van der Waals surface area contributed by atoms with Crippen molar-refractivity contribution >= 4 is 17.6 Å². The highest BCUT2D eigenvalue weighted by Gasteiger charge is 2.95. The maximum absolute atomic E-state index is 13.5. The van der Waals surface area contributed by atoms with Crippen LogP contribution in [-0.2, 0) is 19.9 Å². The standard InChI is InChI=1S/C31H36N2O5/c1-6-32-27(36)33-24(19-12-8-7-9-13-19)25(34)26(35)37-23-16-22-28(3,4)29(23,5)30-17-18(2)20-14-10-11-15-21(20)31(22,30)38-30/h7-15,22-25,34H,2,6,16-17H2,1,3-5H3,(H2,32,33,36)/t22?,23?,24-,25+,29?,30-,31+/m0/s1. The summed E-state index contributed by atoms with van der Waals surface area (Å²) in [7, 11) is 0. The summed E-state index contributed by atoms with van der Waals surface area (Å²) in [4.78, 5) is 25.9. The predicted molar refractivity (Wildman–Crippen MR) is 143 cm³/mol. The Morgan fingerprint density at radius 1 is 1.13 bits per heavy atom. The van der Waals surface area contributed by atoms with Crippen molar-refractivity contribution < 1.29 is 24.2 Å². The number of benzene rings is 2. The average molecular weight is 517 g/mol. The number of hydrogen-bond donors (Lipinski definition) is 3. The molecule has 3 aliphatic carbocycles. The summed E-state index contributed by atoms with van der Waals surface area (Å²) < 4.78 is 13.0. The second kappa shape index (κ2) is 8.17. The lowest BCUT2D eigenvalue weighted by atomic mass is 9.59. The molecule has 2 saturated carbocycles. The third kappa shape index (κ3) is 2.92. The third-order valence-electron chi connectivity index (χ3n) is 10.3. The first-order valence-corrected chi connectivity index (χ1v) is 13.5. The number of nitrogens with one attached hydrogen (secondary N) is 2. The molecule has 7 nitrogen and oxygen atoms in total. The number of amides is 2. The van der Waals surface area contributed by atoms with Gasteiger partial charge in [-0.05, 0) is 41.0 Å². The van der Waals surface area contributed by atoms with Crippen LogP contribution in [0.2, 0.25) is 0 Å². The van der Waals surface area contributed by atoms with Crippen molar-refractivity contribution in [1.29, 1.82) is 0 Å². The Bertz CT molecular complexity index is 1320. The second-order valence-corrected chi connectivity index (χ2v) is 12.0. The molecule has 7 heteroatoms. The number of esters is 1. The van der Waals surface area contributed by atoms with E-state index >= 15 is 0 Å². The number of carbonyl (C=O) groups is 2. The van der Waals surface area contributed by atoms with E-state index in [1.807, 2.05) is 12.1 Å². The topological polar surface area (TPSA) is 100 Å². The highest BCUT2D eigenvalue weighted by atomic mass is 16.6. The summed E-state index contributed by atoms with van der Waals surface area (Å²) in [6.45, 7) is 13.3. The van der Waals surface area contributed by atoms with E-state index in [1.165, 1.54) is 11.1 Å². The Hall–Kier alpha value is -3.16. The van der Waals surface area contributed by atoms with Crippen molar-refractivity contribution in [1.82, 2.24) is 10.6 Å². The van der Waals surface area contributed by atoms with Crippen LogP contribution in [0.1, 0.15) is 63.3 Å². The van der Waals surface area contributed by atoms with Gasteiger partial charge in [0.05, 0.1) is 6.04 Å². The number of aliphatic hydroxyl groups excluding tert-OH is 1. The zero-order valence-corrected chi connectivity index (χ0v) is 22.4. The normalized spacial score (nSPS) is 34.8. The highest BCUT2D eigenvalue weighted by molar-refractivity contribution is 5.80. The van der Waals surface area contributed by atoms with Crippen LogP contribution in [0, 0.1) is 16.7 Å². The highest BCUT2D eigenvalue weighted by Crippen LogP contribution is 2.89. The summed E-state index contributed by atoms with van der Waals surface area (Å²) in [5.74, 6) is -0.606. The number of rotatable bonds is 6. The van der Waals surface area contributed by atoms with E-state index in [4.69, 9.17) is 9.47 Å². The molecule has 0 aromatic heterocycles. The van der Waals surface area contributed by atoms with Crippen molar-refractivity contribution in [2.45, 2.75) is 70.0 Å². The fraction of sp³-hybridized carbons (Fsp3) is 0.484. The van der Waals surface area contributed by atoms with E-state index in [9.17, 15) is 14.7 Å². The third-order valence-corrected chi connectivity index (χ3v) is 10.3. The number of carbonyl (C=O) groups excluding carboxylic acids is 2. The van der Waals surface area contributed by atoms with E-state index in [-0.39, 0.29) is 11.3 Å². The maximum atomic E-state index is 13.5. The van der Waals surface area contributed by atoms with Gasteiger partial charge in [0, 0.05) is 24.3 Å². The molecular weight excluding hydrogens is 480 g/mol. The lowest BCUT2D eigenvalue weighted by Gasteiger charge is -2.45. The molecule has 4 aliphatic rings. The van der Waals surface area contributed by atoms with Crippen molar-refractivity contribution in [3.05, 3.63) is 77.9 Å². The van der Waals surface area contributed by atoms with Crippen molar-refractivity contribution in [2.24, 2.45) is 16.7 Å². The molecule has 2 bridgehead atoms. The number of ether oxygens (including phenoxy) is 2. The summed E-state index contributed by atoms with van der Waals surface area (Å²) in [6, 6.07) is 15.9. The van der Waals surface area contributed by atoms with Crippen LogP contribution in [0.4, 0.5) is 4.79 Å². The van der Waals surface area contributed by atoms with Gasteiger partial charge in [-0.2, -0.15) is 0 Å². The smallest absolute Gasteiger partial charge is 0.337 e. The monoisotopic (exact) mass is 516 g/mol. The van der Waals surface area contributed by atoms with Gasteiger partial charge in [0.15, 0.2) is 6.10 Å². The first-order chi connectivity index (χ1) is 18.0. The molecule has 2 amide bonds. The molecular formula is C31H36N2O5. The maximum Gasteiger partial charge on any atom is 0.337 e. The lowest BCUT2D eigenvalue weighted by Crippen LogP contribution is -2.53. The molecule has 2 aromatic carbocycles. The van der Waals surface area contributed by atoms with Gasteiger partial charge in [0.1, 0.15) is 17.3 Å². The Kier molecular flexibility index (Phi) is 5.40. The minimum atomic E-state index is -1.57. The molecule has 1 saturated heterocycles. The molecule has 0 radical (unpaired) electrons. The summed E-state index contributed by atoms with van der Waals surface area (Å²) in [5.41, 5.74) is 2.42. The van der Waals surface area contributed by atoms with E-state index < -0.39 is 46.9 Å². The Morgan fingerprint density at radius 3 is 2.53 bits per heavy atom. The molecule has 1 heterocycles. The Morgan fingerprint density at radius 2 is 1.82 bits per heavy atom. The summed E-state index contributed by atoms with van der Waals surface area (Å²) in [6.07, 6.45) is -0.693. The summed E-state index contributed by atoms with van der Waals surface area (Å²) >= 11 is 0. The van der Waals surface area contributed by atoms with Gasteiger partial charge in [-0.15, -0.1) is 0 Å². The molecule has 2 aromatic rings. The fourth-order valence-electron chi connectivity index (χ4n) is 8.26. The number of fused-ring (bicyclic) bond motifs is 3. The molecule has 200 valence electrons. The van der Waals surface area contributed by atoms with Gasteiger partial charge in [0.2, 0.25) is 0 Å². The fourth-order valence-corrected chi connectivity index (χ4v) is 8.26. The van der Waals surface area contributed by atoms with E-state index in [0.29, 0.717) is 24.9 Å². The zero-order chi connectivity index (χ0) is 27.1. The lowest BCUT2D eigenvalue weighted by molar-refractivity contribution is -0.172. The van der Waals surface area contributed by atoms with Crippen LogP contribution in [0.3, 0.4) is 0 Å².